The molecule has 4 aromatic rings. The van der Waals surface area contributed by atoms with Gasteiger partial charge < -0.3 is 28.7 Å². The van der Waals surface area contributed by atoms with E-state index in [0.29, 0.717) is 23.0 Å². The maximum absolute atomic E-state index is 13.5. The summed E-state index contributed by atoms with van der Waals surface area (Å²) in [6.07, 6.45) is 0. The van der Waals surface area contributed by atoms with Crippen LogP contribution in [0.1, 0.15) is 60.0 Å². The van der Waals surface area contributed by atoms with E-state index in [1.54, 1.807) is 42.3 Å². The zero-order valence-electron chi connectivity index (χ0n) is 25.7. The Balaban J connectivity index is 1.64. The van der Waals surface area contributed by atoms with Crippen LogP contribution < -0.4 is 28.7 Å². The van der Waals surface area contributed by atoms with Gasteiger partial charge in [-0.3, -0.25) is 9.59 Å². The fourth-order valence-electron chi connectivity index (χ4n) is 7.24. The van der Waals surface area contributed by atoms with Gasteiger partial charge in [0.05, 0.1) is 40.5 Å². The van der Waals surface area contributed by atoms with Crippen LogP contribution in [0.2, 0.25) is 0 Å². The second-order valence-corrected chi connectivity index (χ2v) is 11.1. The Morgan fingerprint density at radius 1 is 0.523 bits per heavy atom. The van der Waals surface area contributed by atoms with Crippen molar-refractivity contribution in [1.82, 2.24) is 0 Å². The topological polar surface area (TPSA) is 77.5 Å². The molecule has 0 spiro atoms. The van der Waals surface area contributed by atoms with Gasteiger partial charge in [-0.05, 0) is 58.7 Å². The Morgan fingerprint density at radius 3 is 1.23 bits per heavy atom. The molecule has 8 heteroatoms. The first-order valence-electron chi connectivity index (χ1n) is 14.6. The van der Waals surface area contributed by atoms with Crippen molar-refractivity contribution in [3.05, 3.63) is 107 Å². The van der Waals surface area contributed by atoms with Gasteiger partial charge in [-0.25, -0.2) is 0 Å². The quantitative estimate of drug-likeness (QED) is 0.235. The molecule has 226 valence electrons. The number of rotatable bonds is 7. The smallest absolute Gasteiger partial charge is 0.224 e. The molecule has 0 aromatic heterocycles. The molecule has 0 fully saturated rings. The van der Waals surface area contributed by atoms with Gasteiger partial charge in [0.15, 0.2) is 23.0 Å². The summed E-state index contributed by atoms with van der Waals surface area (Å²) in [6, 6.07) is 27.0. The minimum atomic E-state index is -0.391. The fourth-order valence-corrected chi connectivity index (χ4v) is 7.24. The lowest BCUT2D eigenvalue weighted by Gasteiger charge is -2.36. The van der Waals surface area contributed by atoms with Gasteiger partial charge in [-0.15, -0.1) is 0 Å². The van der Waals surface area contributed by atoms with Crippen LogP contribution in [0.15, 0.2) is 84.9 Å². The van der Waals surface area contributed by atoms with E-state index in [1.165, 1.54) is 0 Å². The number of fused-ring (bicyclic) bond motifs is 2. The zero-order valence-corrected chi connectivity index (χ0v) is 25.7. The van der Waals surface area contributed by atoms with Crippen molar-refractivity contribution < 1.29 is 28.5 Å². The van der Waals surface area contributed by atoms with Gasteiger partial charge in [0, 0.05) is 37.1 Å². The number of anilines is 2. The first-order valence-corrected chi connectivity index (χ1v) is 14.6. The molecule has 44 heavy (non-hydrogen) atoms. The van der Waals surface area contributed by atoms with Crippen LogP contribution in [-0.2, 0) is 9.59 Å². The second kappa shape index (κ2) is 11.6. The number of amides is 2. The van der Waals surface area contributed by atoms with Gasteiger partial charge in [0.2, 0.25) is 11.8 Å². The number of hydrogen-bond donors (Lipinski definition) is 0. The third-order valence-corrected chi connectivity index (χ3v) is 8.91. The Labute approximate surface area is 257 Å². The summed E-state index contributed by atoms with van der Waals surface area (Å²) in [7, 11) is 6.42. The van der Waals surface area contributed by atoms with Crippen molar-refractivity contribution in [3.8, 4) is 23.0 Å². The number of carbonyl (C=O) groups is 2. The Morgan fingerprint density at radius 2 is 0.886 bits per heavy atom. The van der Waals surface area contributed by atoms with Crippen LogP contribution >= 0.6 is 0 Å². The Hall–Kier alpha value is -4.98. The molecule has 2 aliphatic heterocycles. The lowest BCUT2D eigenvalue weighted by molar-refractivity contribution is -0.118. The average Bonchev–Trinajstić information content (AvgIpc) is 3.57. The number of hydrogen-bond acceptors (Lipinski definition) is 6. The van der Waals surface area contributed by atoms with Gasteiger partial charge in [-0.2, -0.15) is 0 Å². The van der Waals surface area contributed by atoms with E-state index < -0.39 is 12.1 Å². The summed E-state index contributed by atoms with van der Waals surface area (Å²) >= 11 is 0. The summed E-state index contributed by atoms with van der Waals surface area (Å²) in [5.41, 5.74) is 5.60. The van der Waals surface area contributed by atoms with Crippen molar-refractivity contribution in [3.63, 3.8) is 0 Å². The van der Waals surface area contributed by atoms with E-state index in [9.17, 15) is 9.59 Å². The van der Waals surface area contributed by atoms with Gasteiger partial charge in [0.1, 0.15) is 0 Å². The maximum Gasteiger partial charge on any atom is 0.224 e. The summed E-state index contributed by atoms with van der Waals surface area (Å²) in [4.78, 5) is 30.8. The molecule has 4 atom stereocenters. The second-order valence-electron chi connectivity index (χ2n) is 11.1. The molecule has 0 saturated heterocycles. The molecule has 0 radical (unpaired) electrons. The Bertz CT molecular complexity index is 1610. The van der Waals surface area contributed by atoms with Crippen molar-refractivity contribution >= 4 is 23.2 Å². The van der Waals surface area contributed by atoms with Crippen molar-refractivity contribution in [2.24, 2.45) is 0 Å². The van der Waals surface area contributed by atoms with Gasteiger partial charge >= 0.3 is 0 Å². The molecule has 2 heterocycles. The van der Waals surface area contributed by atoms with Crippen LogP contribution in [0, 0.1) is 0 Å². The van der Waals surface area contributed by atoms with E-state index >= 15 is 0 Å². The highest BCUT2D eigenvalue weighted by Crippen LogP contribution is 2.63. The molecule has 6 rings (SSSR count). The SMILES string of the molecule is COc1ccc([C@@H]2[C@@H]([C@@H]3c4ccccc4N(C(C)=O)[C@H]3c3ccc(OC)c(OC)c3)c3ccccc3N2C(C)=O)cc1OC. The first kappa shape index (κ1) is 29.1. The van der Waals surface area contributed by atoms with Crippen molar-refractivity contribution in [1.29, 1.82) is 0 Å². The van der Waals surface area contributed by atoms with E-state index in [0.717, 1.165) is 33.6 Å². The van der Waals surface area contributed by atoms with Crippen LogP contribution in [0.25, 0.3) is 0 Å². The van der Waals surface area contributed by atoms with E-state index in [2.05, 4.69) is 12.1 Å². The minimum Gasteiger partial charge on any atom is -0.493 e. The highest BCUT2D eigenvalue weighted by Gasteiger charge is 2.53. The van der Waals surface area contributed by atoms with Crippen LogP contribution in [0.3, 0.4) is 0 Å². The maximum atomic E-state index is 13.5. The van der Waals surface area contributed by atoms with Crippen LogP contribution in [-0.4, -0.2) is 40.3 Å². The molecule has 0 bridgehead atoms. The highest BCUT2D eigenvalue weighted by molar-refractivity contribution is 5.98. The van der Waals surface area contributed by atoms with Crippen LogP contribution in [0.5, 0.6) is 23.0 Å². The van der Waals surface area contributed by atoms with E-state index in [4.69, 9.17) is 18.9 Å². The molecule has 0 aliphatic carbocycles. The molecule has 8 nitrogen and oxygen atoms in total. The number of para-hydroxylation sites is 2. The van der Waals surface area contributed by atoms with Crippen LogP contribution in [0.4, 0.5) is 11.4 Å². The molecule has 0 N–H and O–H groups in total. The number of nitrogens with zero attached hydrogens (tertiary/aromatic N) is 2. The molecule has 2 amide bonds. The summed E-state index contributed by atoms with van der Waals surface area (Å²) < 4.78 is 22.5. The van der Waals surface area contributed by atoms with Gasteiger partial charge in [0.25, 0.3) is 0 Å². The average molecular weight is 593 g/mol. The fraction of sp³-hybridized carbons (Fsp3) is 0.278. The molecular weight excluding hydrogens is 556 g/mol. The third kappa shape index (κ3) is 4.53. The third-order valence-electron chi connectivity index (χ3n) is 8.91. The summed E-state index contributed by atoms with van der Waals surface area (Å²) in [5, 5.41) is 0. The largest absolute Gasteiger partial charge is 0.493 e. The standard InChI is InChI=1S/C36H36N2O6/c1-21(39)37-27-13-9-7-11-25(27)33(35(37)23-15-17-29(41-3)31(19-23)43-5)34-26-12-8-10-14-28(26)38(22(2)40)36(34)24-16-18-30(42-4)32(20-24)44-6/h7-20,33-36H,1-6H3/t33-,34+,35-,36+. The first-order chi connectivity index (χ1) is 21.3. The summed E-state index contributed by atoms with van der Waals surface area (Å²) in [6.45, 7) is 3.20. The normalized spacial score (nSPS) is 20.1. The monoisotopic (exact) mass is 592 g/mol. The van der Waals surface area contributed by atoms with Crippen molar-refractivity contribution in [2.45, 2.75) is 37.8 Å². The lowest BCUT2D eigenvalue weighted by atomic mass is 9.73. The predicted molar refractivity (Wildman–Crippen MR) is 169 cm³/mol. The van der Waals surface area contributed by atoms with E-state index in [1.807, 2.05) is 82.6 Å². The van der Waals surface area contributed by atoms with Crippen molar-refractivity contribution in [2.75, 3.05) is 38.2 Å². The number of carbonyl (C=O) groups excluding carboxylic acids is 2. The minimum absolute atomic E-state index is 0.0721. The molecule has 0 unspecified atom stereocenters. The Kier molecular flexibility index (Phi) is 7.67. The molecule has 0 saturated carbocycles. The lowest BCUT2D eigenvalue weighted by Crippen LogP contribution is -2.36. The predicted octanol–water partition coefficient (Wildman–Crippen LogP) is 6.80. The zero-order chi connectivity index (χ0) is 31.1. The highest BCUT2D eigenvalue weighted by atomic mass is 16.5. The number of methoxy groups -OCH3 is 4. The molecular formula is C36H36N2O6. The van der Waals surface area contributed by atoms with Gasteiger partial charge in [-0.1, -0.05) is 48.5 Å². The van der Waals surface area contributed by atoms with E-state index in [-0.39, 0.29) is 23.7 Å². The molecule has 4 aromatic carbocycles. The number of benzene rings is 4. The summed E-state index contributed by atoms with van der Waals surface area (Å²) in [5.74, 6) is 1.78. The number of ether oxygens (including phenoxy) is 4. The molecule has 2 aliphatic rings.